The molecule has 0 bridgehead atoms. The molecule has 284 valence electrons. The summed E-state index contributed by atoms with van der Waals surface area (Å²) in [6, 6.07) is 19.2. The van der Waals surface area contributed by atoms with Crippen molar-refractivity contribution < 1.29 is 41.5 Å². The second kappa shape index (κ2) is 28.7. The number of carbonyl (C=O) groups excluding carboxylic acids is 2. The van der Waals surface area contributed by atoms with Gasteiger partial charge in [0.05, 0.1) is 0 Å². The summed E-state index contributed by atoms with van der Waals surface area (Å²) in [6.45, 7) is 21.2. The summed E-state index contributed by atoms with van der Waals surface area (Å²) >= 11 is 0. The molecular formula is C36H59BF4N4O5. The second-order valence-corrected chi connectivity index (χ2v) is 11.7. The highest BCUT2D eigenvalue weighted by Gasteiger charge is 2.38. The SMILES string of the molecule is C.CC.CC.CC(C)(C)OC(=O)N1CC=CC1.COC1CC(c2ccccc2)CN1C(=O)OC(C)(C)C.FB(F)F.N#[N+]c1ccccc1.[F-]. The number of benzene rings is 2. The summed E-state index contributed by atoms with van der Waals surface area (Å²) in [5.41, 5.74) is 0.952. The average molecular weight is 715 g/mol. The van der Waals surface area contributed by atoms with Crippen LogP contribution in [0.4, 0.5) is 28.2 Å². The van der Waals surface area contributed by atoms with Gasteiger partial charge in [-0.3, -0.25) is 17.8 Å². The molecule has 0 aliphatic carbocycles. The molecule has 1 saturated heterocycles. The van der Waals surface area contributed by atoms with Crippen molar-refractivity contribution in [3.05, 3.63) is 83.4 Å². The molecule has 0 spiro atoms. The van der Waals surface area contributed by atoms with Crippen molar-refractivity contribution in [1.82, 2.24) is 9.80 Å². The maximum absolute atomic E-state index is 12.2. The molecule has 14 heteroatoms. The Hall–Kier alpha value is -4.12. The van der Waals surface area contributed by atoms with Crippen molar-refractivity contribution in [2.75, 3.05) is 26.7 Å². The number of methoxy groups -OCH3 is 1. The Morgan fingerprint density at radius 1 is 0.800 bits per heavy atom. The smallest absolute Gasteiger partial charge is 0.762 e. The van der Waals surface area contributed by atoms with Crippen LogP contribution < -0.4 is 4.70 Å². The monoisotopic (exact) mass is 714 g/mol. The standard InChI is InChI=1S/C16H23NO3.C9H15NO2.C6H5N2.2C2H6.CH4.BF3.FH/c1-16(2,3)20-15(18)17-11-13(10-14(17)19-4)12-8-6-5-7-9-12;1-9(2,3)12-8(11)10-6-4-5-7-10;7-8-6-4-2-1-3-5-6;2*1-2;;2-1(3)4;/h5-9,13-14H,10-11H2,1-4H3;4-5H,6-7H2,1-3H3;1-5H;2*1-2H3;1H4;;1H/q;;+1;;;;;/p-1. The molecule has 2 heterocycles. The van der Waals surface area contributed by atoms with Crippen molar-refractivity contribution in [2.45, 2.75) is 106 Å². The van der Waals surface area contributed by atoms with Crippen molar-refractivity contribution in [3.8, 4) is 0 Å². The van der Waals surface area contributed by atoms with E-state index < -0.39 is 13.1 Å². The van der Waals surface area contributed by atoms with Crippen molar-refractivity contribution in [3.63, 3.8) is 0 Å². The molecule has 2 aliphatic rings. The van der Waals surface area contributed by atoms with E-state index in [4.69, 9.17) is 19.6 Å². The van der Waals surface area contributed by atoms with Gasteiger partial charge in [0.25, 0.3) is 0 Å². The lowest BCUT2D eigenvalue weighted by molar-refractivity contribution is -0.0306. The third-order valence-electron chi connectivity index (χ3n) is 5.76. The first kappa shape index (κ1) is 52.7. The Bertz CT molecular complexity index is 1200. The fourth-order valence-electron chi connectivity index (χ4n) is 3.95. The number of carbonyl (C=O) groups is 2. The molecule has 2 aromatic rings. The molecule has 2 unspecified atom stereocenters. The Labute approximate surface area is 298 Å². The molecule has 4 rings (SSSR count). The van der Waals surface area contributed by atoms with E-state index in [-0.39, 0.29) is 36.1 Å². The van der Waals surface area contributed by atoms with E-state index in [1.807, 2.05) is 118 Å². The van der Waals surface area contributed by atoms with Crippen LogP contribution in [0.3, 0.4) is 0 Å². The summed E-state index contributed by atoms with van der Waals surface area (Å²) in [7, 11) is -2.03. The molecule has 0 aromatic heterocycles. The minimum absolute atomic E-state index is 0. The van der Waals surface area contributed by atoms with Crippen LogP contribution in [0.15, 0.2) is 72.8 Å². The van der Waals surface area contributed by atoms with Gasteiger partial charge in [-0.2, -0.15) is 0 Å². The summed E-state index contributed by atoms with van der Waals surface area (Å²) in [4.78, 5) is 29.9. The number of likely N-dealkylation sites (tertiary alicyclic amines) is 1. The highest BCUT2D eigenvalue weighted by atomic mass is 19.4. The second-order valence-electron chi connectivity index (χ2n) is 11.7. The normalized spacial score (nSPS) is 15.2. The van der Waals surface area contributed by atoms with Gasteiger partial charge in [-0.15, -0.1) is 0 Å². The number of hydrogen-bond acceptors (Lipinski definition) is 6. The van der Waals surface area contributed by atoms with Crippen LogP contribution in [0.1, 0.15) is 94.6 Å². The third-order valence-corrected chi connectivity index (χ3v) is 5.76. The number of halogens is 4. The van der Waals surface area contributed by atoms with Gasteiger partial charge in [0, 0.05) is 51.2 Å². The summed E-state index contributed by atoms with van der Waals surface area (Å²) in [5, 5.41) is 8.16. The molecule has 50 heavy (non-hydrogen) atoms. The zero-order valence-electron chi connectivity index (χ0n) is 30.8. The maximum Gasteiger partial charge on any atom is 0.762 e. The highest BCUT2D eigenvalue weighted by Crippen LogP contribution is 2.33. The van der Waals surface area contributed by atoms with Crippen LogP contribution in [0.5, 0.6) is 0 Å². The van der Waals surface area contributed by atoms with Crippen LogP contribution in [0, 0.1) is 5.39 Å². The van der Waals surface area contributed by atoms with Gasteiger partial charge in [0.1, 0.15) is 17.4 Å². The van der Waals surface area contributed by atoms with E-state index in [0.717, 1.165) is 6.42 Å². The van der Waals surface area contributed by atoms with Crippen molar-refractivity contribution >= 4 is 25.4 Å². The molecule has 2 amide bonds. The first-order valence-electron chi connectivity index (χ1n) is 16.1. The lowest BCUT2D eigenvalue weighted by atomic mass is 9.98. The largest absolute Gasteiger partial charge is 1.00 e. The van der Waals surface area contributed by atoms with Crippen molar-refractivity contribution in [1.29, 1.82) is 5.39 Å². The number of diazo groups is 1. The third kappa shape index (κ3) is 24.9. The van der Waals surface area contributed by atoms with E-state index in [1.54, 1.807) is 29.0 Å². The van der Waals surface area contributed by atoms with Crippen LogP contribution in [0.25, 0.3) is 4.98 Å². The molecular weight excluding hydrogens is 655 g/mol. The predicted octanol–water partition coefficient (Wildman–Crippen LogP) is 7.92. The summed E-state index contributed by atoms with van der Waals surface area (Å²) < 4.78 is 45.0. The fraction of sp³-hybridized carbons (Fsp3) is 0.556. The molecule has 9 nitrogen and oxygen atoms in total. The van der Waals surface area contributed by atoms with Crippen LogP contribution in [0.2, 0.25) is 0 Å². The minimum atomic E-state index is -3.67. The number of ether oxygens (including phenoxy) is 3. The Morgan fingerprint density at radius 2 is 1.20 bits per heavy atom. The lowest BCUT2D eigenvalue weighted by Gasteiger charge is -2.27. The van der Waals surface area contributed by atoms with Gasteiger partial charge in [0.15, 0.2) is 4.98 Å². The minimum Gasteiger partial charge on any atom is -1.00 e. The Morgan fingerprint density at radius 3 is 1.56 bits per heavy atom. The zero-order chi connectivity index (χ0) is 37.3. The van der Waals surface area contributed by atoms with E-state index >= 15 is 0 Å². The molecule has 2 aliphatic heterocycles. The fourth-order valence-corrected chi connectivity index (χ4v) is 3.95. The molecule has 0 N–H and O–H groups in total. The van der Waals surface area contributed by atoms with Gasteiger partial charge < -0.3 is 23.8 Å². The first-order chi connectivity index (χ1) is 22.6. The average Bonchev–Trinajstić information content (AvgIpc) is 3.74. The van der Waals surface area contributed by atoms with Gasteiger partial charge >= 0.3 is 25.4 Å². The maximum atomic E-state index is 12.2. The van der Waals surface area contributed by atoms with Crippen LogP contribution in [-0.2, 0) is 14.2 Å². The van der Waals surface area contributed by atoms with Crippen LogP contribution >= 0.6 is 0 Å². The van der Waals surface area contributed by atoms with E-state index in [0.29, 0.717) is 31.2 Å². The molecule has 2 atom stereocenters. The number of hydrogen-bond donors (Lipinski definition) is 0. The predicted molar refractivity (Wildman–Crippen MR) is 194 cm³/mol. The van der Waals surface area contributed by atoms with Crippen LogP contribution in [-0.4, -0.2) is 73.7 Å². The number of nitrogens with zero attached hydrogens (tertiary/aromatic N) is 4. The van der Waals surface area contributed by atoms with Gasteiger partial charge in [0.2, 0.25) is 5.39 Å². The van der Waals surface area contributed by atoms with E-state index in [2.05, 4.69) is 17.1 Å². The Balaban J connectivity index is -0.000000302. The molecule has 2 aromatic carbocycles. The topological polar surface area (TPSA) is 96.5 Å². The lowest BCUT2D eigenvalue weighted by Crippen LogP contribution is -3.00. The quantitative estimate of drug-likeness (QED) is 0.136. The van der Waals surface area contributed by atoms with Gasteiger partial charge in [-0.25, -0.2) is 9.59 Å². The number of rotatable bonds is 2. The zero-order valence-corrected chi connectivity index (χ0v) is 30.8. The van der Waals surface area contributed by atoms with Gasteiger partial charge in [-0.05, 0) is 47.1 Å². The first-order valence-corrected chi connectivity index (χ1v) is 16.1. The highest BCUT2D eigenvalue weighted by molar-refractivity contribution is 6.33. The van der Waals surface area contributed by atoms with E-state index in [9.17, 15) is 22.5 Å². The van der Waals surface area contributed by atoms with E-state index in [1.165, 1.54) is 5.56 Å². The summed E-state index contributed by atoms with van der Waals surface area (Å²) in [6.07, 6.45) is 3.98. The van der Waals surface area contributed by atoms with Crippen molar-refractivity contribution in [2.24, 2.45) is 0 Å². The molecule has 0 saturated carbocycles. The molecule has 1 fully saturated rings. The molecule has 0 radical (unpaired) electrons. The Kier molecular flexibility index (Phi) is 30.2. The summed E-state index contributed by atoms with van der Waals surface area (Å²) in [5.74, 6) is 0.300. The number of amides is 2. The van der Waals surface area contributed by atoms with Gasteiger partial charge in [-0.1, -0.05) is 95.8 Å².